The Morgan fingerprint density at radius 2 is 0.957 bits per heavy atom. The highest BCUT2D eigenvalue weighted by Crippen LogP contribution is 2.53. The third-order valence-corrected chi connectivity index (χ3v) is 11.5. The van der Waals surface area contributed by atoms with Crippen LogP contribution in [0, 0.1) is 0 Å². The van der Waals surface area contributed by atoms with Gasteiger partial charge in [-0.05, 0) is 75.0 Å². The largest absolute Gasteiger partial charge is 0.508 e. The average molecular weight is 685 g/mol. The second-order valence-corrected chi connectivity index (χ2v) is 20.1. The van der Waals surface area contributed by atoms with Crippen LogP contribution in [0.3, 0.4) is 0 Å². The predicted molar refractivity (Wildman–Crippen MR) is 191 cm³/mol. The molecule has 0 aliphatic rings. The molecule has 0 saturated carbocycles. The van der Waals surface area contributed by atoms with E-state index in [-0.39, 0.29) is 39.7 Å². The molecule has 46 heavy (non-hydrogen) atoms. The van der Waals surface area contributed by atoms with Crippen LogP contribution >= 0.6 is 15.2 Å². The van der Waals surface area contributed by atoms with E-state index in [1.165, 1.54) is 14.2 Å². The van der Waals surface area contributed by atoms with Gasteiger partial charge in [0.15, 0.2) is 0 Å². The molecule has 0 aliphatic carbocycles. The summed E-state index contributed by atoms with van der Waals surface area (Å²) in [5, 5.41) is 21.2. The van der Waals surface area contributed by atoms with Crippen molar-refractivity contribution in [2.45, 2.75) is 131 Å². The summed E-state index contributed by atoms with van der Waals surface area (Å²) in [5.41, 5.74) is 4.41. The van der Waals surface area contributed by atoms with Gasteiger partial charge in [-0.15, -0.1) is 0 Å². The van der Waals surface area contributed by atoms with Crippen LogP contribution in [0.2, 0.25) is 0 Å². The van der Waals surface area contributed by atoms with E-state index in [0.717, 1.165) is 33.4 Å². The van der Waals surface area contributed by atoms with Gasteiger partial charge in [0.1, 0.15) is 11.5 Å². The molecule has 0 heterocycles. The number of benzene rings is 2. The fourth-order valence-corrected chi connectivity index (χ4v) is 7.91. The SMILES string of the molecule is CCOP(=O)(Cc1cc(C(C)(C)C)c(O)c(C(C)(C)C)c1)OCC.COP(=O)(Cc1cc(C(C)(C)C)c(O)cc1C(C)(C)C)OC. The highest BCUT2D eigenvalue weighted by atomic mass is 31.2. The summed E-state index contributed by atoms with van der Waals surface area (Å²) in [7, 11) is -3.56. The fourth-order valence-electron chi connectivity index (χ4n) is 5.15. The minimum Gasteiger partial charge on any atom is -0.508 e. The van der Waals surface area contributed by atoms with Gasteiger partial charge in [-0.2, -0.15) is 0 Å². The number of hydrogen-bond acceptors (Lipinski definition) is 8. The number of phenolic OH excluding ortho intramolecular Hbond substituents is 2. The van der Waals surface area contributed by atoms with Gasteiger partial charge in [-0.1, -0.05) is 101 Å². The summed E-state index contributed by atoms with van der Waals surface area (Å²) < 4.78 is 46.4. The third kappa shape index (κ3) is 11.8. The van der Waals surface area contributed by atoms with Crippen molar-refractivity contribution in [1.82, 2.24) is 0 Å². The van der Waals surface area contributed by atoms with Crippen LogP contribution in [0.1, 0.15) is 130 Å². The second kappa shape index (κ2) is 15.7. The van der Waals surface area contributed by atoms with E-state index in [1.54, 1.807) is 6.07 Å². The van der Waals surface area contributed by atoms with Crippen LogP contribution in [-0.2, 0) is 61.2 Å². The smallest absolute Gasteiger partial charge is 0.335 e. The Kier molecular flexibility index (Phi) is 14.5. The summed E-state index contributed by atoms with van der Waals surface area (Å²) in [6.07, 6.45) is 0.400. The van der Waals surface area contributed by atoms with Crippen LogP contribution in [0.15, 0.2) is 24.3 Å². The van der Waals surface area contributed by atoms with Crippen LogP contribution in [-0.4, -0.2) is 37.6 Å². The number of rotatable bonds is 10. The molecule has 2 aromatic rings. The van der Waals surface area contributed by atoms with E-state index in [1.807, 2.05) is 52.8 Å². The molecule has 0 saturated heterocycles. The van der Waals surface area contributed by atoms with Crippen molar-refractivity contribution < 1.29 is 37.4 Å². The van der Waals surface area contributed by atoms with Crippen molar-refractivity contribution in [2.75, 3.05) is 27.4 Å². The van der Waals surface area contributed by atoms with E-state index in [9.17, 15) is 19.3 Å². The molecule has 8 nitrogen and oxygen atoms in total. The average Bonchev–Trinajstić information content (AvgIpc) is 2.88. The van der Waals surface area contributed by atoms with Crippen molar-refractivity contribution in [2.24, 2.45) is 0 Å². The molecule has 0 unspecified atom stereocenters. The quantitative estimate of drug-likeness (QED) is 0.238. The van der Waals surface area contributed by atoms with Gasteiger partial charge in [0.2, 0.25) is 0 Å². The zero-order valence-corrected chi connectivity index (χ0v) is 33.2. The molecule has 0 aromatic heterocycles. The lowest BCUT2D eigenvalue weighted by Crippen LogP contribution is -2.18. The number of hydrogen-bond donors (Lipinski definition) is 2. The van der Waals surface area contributed by atoms with E-state index < -0.39 is 15.2 Å². The molecule has 0 amide bonds. The monoisotopic (exact) mass is 684 g/mol. The molecule has 2 aromatic carbocycles. The Morgan fingerprint density at radius 1 is 0.565 bits per heavy atom. The predicted octanol–water partition coefficient (Wildman–Crippen LogP) is 10.7. The Morgan fingerprint density at radius 3 is 1.28 bits per heavy atom. The van der Waals surface area contributed by atoms with E-state index in [4.69, 9.17) is 18.1 Å². The standard InChI is InChI=1S/C19H33O4P.C17H29O4P/c1-9-22-24(21,23-10-2)13-14-11-15(18(3,4)5)17(20)16(12-14)19(6,7)8;1-16(2,3)13-10-15(18)14(17(4,5)6)9-12(13)11-22(19,20-7)21-8/h11-12,20H,9-10,13H2,1-8H3;9-10,18H,11H2,1-8H3. The molecular formula is C36H62O8P2. The second-order valence-electron chi connectivity index (χ2n) is 15.8. The molecule has 0 atom stereocenters. The van der Waals surface area contributed by atoms with Crippen molar-refractivity contribution in [3.8, 4) is 11.5 Å². The van der Waals surface area contributed by atoms with E-state index in [0.29, 0.717) is 19.0 Å². The van der Waals surface area contributed by atoms with Crippen molar-refractivity contribution in [1.29, 1.82) is 0 Å². The summed E-state index contributed by atoms with van der Waals surface area (Å²) in [5.74, 6) is 0.590. The maximum absolute atomic E-state index is 12.9. The molecule has 0 fully saturated rings. The molecular weight excluding hydrogens is 622 g/mol. The van der Waals surface area contributed by atoms with Crippen molar-refractivity contribution in [3.05, 3.63) is 57.6 Å². The van der Waals surface area contributed by atoms with Gasteiger partial charge in [-0.3, -0.25) is 9.13 Å². The van der Waals surface area contributed by atoms with Gasteiger partial charge in [-0.25, -0.2) is 0 Å². The molecule has 2 N–H and O–H groups in total. The minimum atomic E-state index is -3.18. The van der Waals surface area contributed by atoms with Crippen LogP contribution in [0.4, 0.5) is 0 Å². The van der Waals surface area contributed by atoms with Crippen LogP contribution in [0.25, 0.3) is 0 Å². The molecule has 0 aliphatic heterocycles. The van der Waals surface area contributed by atoms with Crippen LogP contribution < -0.4 is 0 Å². The van der Waals surface area contributed by atoms with Gasteiger partial charge in [0, 0.05) is 14.2 Å². The Balaban J connectivity index is 0.000000462. The van der Waals surface area contributed by atoms with Gasteiger partial charge in [0.25, 0.3) is 0 Å². The minimum absolute atomic E-state index is 0.185. The fraction of sp³-hybridized carbons (Fsp3) is 0.667. The number of aromatic hydroxyl groups is 2. The summed E-state index contributed by atoms with van der Waals surface area (Å²) in [6.45, 7) is 28.9. The Bertz CT molecular complexity index is 1350. The Hall–Kier alpha value is -1.66. The van der Waals surface area contributed by atoms with Crippen molar-refractivity contribution in [3.63, 3.8) is 0 Å². The van der Waals surface area contributed by atoms with Crippen LogP contribution in [0.5, 0.6) is 11.5 Å². The Labute approximate surface area is 279 Å². The lowest BCUT2D eigenvalue weighted by atomic mass is 9.78. The summed E-state index contributed by atoms with van der Waals surface area (Å²) in [6, 6.07) is 7.57. The third-order valence-electron chi connectivity index (χ3n) is 7.57. The molecule has 0 radical (unpaired) electrons. The highest BCUT2D eigenvalue weighted by Gasteiger charge is 2.31. The first-order valence-corrected chi connectivity index (χ1v) is 19.5. The summed E-state index contributed by atoms with van der Waals surface area (Å²) in [4.78, 5) is 0. The van der Waals surface area contributed by atoms with E-state index >= 15 is 0 Å². The molecule has 2 rings (SSSR count). The first-order chi connectivity index (χ1) is 20.7. The summed E-state index contributed by atoms with van der Waals surface area (Å²) >= 11 is 0. The lowest BCUT2D eigenvalue weighted by Gasteiger charge is -2.29. The van der Waals surface area contributed by atoms with Gasteiger partial charge < -0.3 is 28.3 Å². The maximum Gasteiger partial charge on any atom is 0.335 e. The maximum atomic E-state index is 12.9. The van der Waals surface area contributed by atoms with Crippen molar-refractivity contribution >= 4 is 15.2 Å². The lowest BCUT2D eigenvalue weighted by molar-refractivity contribution is 0.219. The molecule has 0 bridgehead atoms. The zero-order chi connectivity index (χ0) is 36.1. The van der Waals surface area contributed by atoms with E-state index in [2.05, 4.69) is 62.3 Å². The first-order valence-electron chi connectivity index (χ1n) is 16.0. The zero-order valence-electron chi connectivity index (χ0n) is 31.4. The highest BCUT2D eigenvalue weighted by molar-refractivity contribution is 7.53. The molecule has 0 spiro atoms. The number of phenols is 2. The van der Waals surface area contributed by atoms with Gasteiger partial charge in [0.05, 0.1) is 25.5 Å². The molecule has 264 valence electrons. The molecule has 10 heteroatoms. The first kappa shape index (κ1) is 42.4. The topological polar surface area (TPSA) is 112 Å². The van der Waals surface area contributed by atoms with Gasteiger partial charge >= 0.3 is 15.2 Å². The normalized spacial score (nSPS) is 13.4.